The lowest BCUT2D eigenvalue weighted by atomic mass is 10.1. The molecule has 0 saturated carbocycles. The van der Waals surface area contributed by atoms with Crippen LogP contribution < -0.4 is 10.1 Å². The second-order valence-electron chi connectivity index (χ2n) is 4.30. The first-order valence-electron chi connectivity index (χ1n) is 6.21. The van der Waals surface area contributed by atoms with Crippen molar-refractivity contribution in [3.05, 3.63) is 29.6 Å². The Bertz CT molecular complexity index is 387. The smallest absolute Gasteiger partial charge is 0.131 e. The fourth-order valence-corrected chi connectivity index (χ4v) is 1.92. The van der Waals surface area contributed by atoms with Gasteiger partial charge in [-0.1, -0.05) is 6.07 Å². The van der Waals surface area contributed by atoms with Crippen LogP contribution in [0, 0.1) is 5.82 Å². The van der Waals surface area contributed by atoms with E-state index in [0.717, 1.165) is 0 Å². The summed E-state index contributed by atoms with van der Waals surface area (Å²) >= 11 is 0. The van der Waals surface area contributed by atoms with Crippen LogP contribution in [0.4, 0.5) is 4.39 Å². The normalized spacial score (nSPS) is 14.2. The fourth-order valence-electron chi connectivity index (χ4n) is 1.92. The van der Waals surface area contributed by atoms with Gasteiger partial charge in [-0.05, 0) is 19.1 Å². The molecule has 1 aromatic carbocycles. The van der Waals surface area contributed by atoms with Crippen molar-refractivity contribution in [1.82, 2.24) is 5.32 Å². The molecule has 1 N–H and O–H groups in total. The molecule has 0 radical (unpaired) electrons. The first kappa shape index (κ1) is 15.9. The first-order valence-corrected chi connectivity index (χ1v) is 6.21. The highest BCUT2D eigenvalue weighted by atomic mass is 19.1. The van der Waals surface area contributed by atoms with Gasteiger partial charge < -0.3 is 19.5 Å². The van der Waals surface area contributed by atoms with Crippen LogP contribution in [0.2, 0.25) is 0 Å². The first-order chi connectivity index (χ1) is 9.13. The summed E-state index contributed by atoms with van der Waals surface area (Å²) in [5, 5.41) is 3.23. The average Bonchev–Trinajstić information content (AvgIpc) is 2.42. The summed E-state index contributed by atoms with van der Waals surface area (Å²) in [6.45, 7) is 2.95. The van der Waals surface area contributed by atoms with Gasteiger partial charge in [-0.2, -0.15) is 0 Å². The van der Waals surface area contributed by atoms with E-state index in [9.17, 15) is 4.39 Å². The Morgan fingerprint density at radius 2 is 2.00 bits per heavy atom. The molecule has 0 aromatic heterocycles. The van der Waals surface area contributed by atoms with Crippen LogP contribution in [0.3, 0.4) is 0 Å². The molecule has 2 atom stereocenters. The minimum atomic E-state index is -0.278. The molecule has 0 saturated heterocycles. The average molecular weight is 271 g/mol. The maximum atomic E-state index is 13.9. The molecule has 0 fully saturated rings. The monoisotopic (exact) mass is 271 g/mol. The van der Waals surface area contributed by atoms with Crippen LogP contribution in [0.1, 0.15) is 18.5 Å². The van der Waals surface area contributed by atoms with E-state index in [4.69, 9.17) is 14.2 Å². The molecule has 0 spiro atoms. The van der Waals surface area contributed by atoms with Crippen LogP contribution in [-0.4, -0.2) is 40.6 Å². The Balaban J connectivity index is 2.70. The zero-order chi connectivity index (χ0) is 14.3. The van der Waals surface area contributed by atoms with Gasteiger partial charge in [0.15, 0.2) is 0 Å². The molecule has 19 heavy (non-hydrogen) atoms. The lowest BCUT2D eigenvalue weighted by Gasteiger charge is -2.21. The topological polar surface area (TPSA) is 39.7 Å². The third-order valence-electron chi connectivity index (χ3n) is 3.00. The SMILES string of the molecule is COCC(CNC(C)c1c(F)cccc1OC)OC. The maximum absolute atomic E-state index is 13.9. The van der Waals surface area contributed by atoms with Crippen LogP contribution in [0.25, 0.3) is 0 Å². The van der Waals surface area contributed by atoms with E-state index >= 15 is 0 Å². The molecule has 0 aliphatic rings. The molecule has 5 heteroatoms. The summed E-state index contributed by atoms with van der Waals surface area (Å²) in [4.78, 5) is 0. The van der Waals surface area contributed by atoms with Crippen molar-refractivity contribution in [2.75, 3.05) is 34.5 Å². The van der Waals surface area contributed by atoms with Crippen molar-refractivity contribution in [3.8, 4) is 5.75 Å². The van der Waals surface area contributed by atoms with Gasteiger partial charge in [0.2, 0.25) is 0 Å². The molecule has 2 unspecified atom stereocenters. The Hall–Kier alpha value is -1.17. The Morgan fingerprint density at radius 1 is 1.26 bits per heavy atom. The number of methoxy groups -OCH3 is 3. The molecular formula is C14H22FNO3. The van der Waals surface area contributed by atoms with E-state index in [0.29, 0.717) is 24.5 Å². The Kier molecular flexibility index (Phi) is 6.77. The highest BCUT2D eigenvalue weighted by molar-refractivity contribution is 5.36. The summed E-state index contributed by atoms with van der Waals surface area (Å²) in [6, 6.07) is 4.64. The van der Waals surface area contributed by atoms with Gasteiger partial charge in [-0.15, -0.1) is 0 Å². The molecule has 0 aliphatic carbocycles. The molecule has 0 bridgehead atoms. The minimum absolute atomic E-state index is 0.0646. The minimum Gasteiger partial charge on any atom is -0.496 e. The summed E-state index contributed by atoms with van der Waals surface area (Å²) in [5.41, 5.74) is 0.525. The van der Waals surface area contributed by atoms with Crippen molar-refractivity contribution >= 4 is 0 Å². The quantitative estimate of drug-likeness (QED) is 0.786. The molecule has 1 aromatic rings. The predicted octanol–water partition coefficient (Wildman–Crippen LogP) is 2.15. The lowest BCUT2D eigenvalue weighted by molar-refractivity contribution is 0.0275. The summed E-state index contributed by atoms with van der Waals surface area (Å²) in [7, 11) is 4.78. The van der Waals surface area contributed by atoms with Gasteiger partial charge in [0.1, 0.15) is 11.6 Å². The Morgan fingerprint density at radius 3 is 2.58 bits per heavy atom. The van der Waals surface area contributed by atoms with Crippen molar-refractivity contribution in [3.63, 3.8) is 0 Å². The van der Waals surface area contributed by atoms with Crippen molar-refractivity contribution < 1.29 is 18.6 Å². The second kappa shape index (κ2) is 8.09. The molecular weight excluding hydrogens is 249 g/mol. The van der Waals surface area contributed by atoms with Gasteiger partial charge in [0.05, 0.1) is 19.8 Å². The van der Waals surface area contributed by atoms with Gasteiger partial charge in [0, 0.05) is 32.4 Å². The molecule has 4 nitrogen and oxygen atoms in total. The van der Waals surface area contributed by atoms with E-state index in [2.05, 4.69) is 5.32 Å². The van der Waals surface area contributed by atoms with Gasteiger partial charge in [-0.3, -0.25) is 0 Å². The third kappa shape index (κ3) is 4.45. The molecule has 108 valence electrons. The predicted molar refractivity (Wildman–Crippen MR) is 72.0 cm³/mol. The van der Waals surface area contributed by atoms with Crippen LogP contribution in [0.5, 0.6) is 5.75 Å². The van der Waals surface area contributed by atoms with E-state index in [1.165, 1.54) is 13.2 Å². The highest BCUT2D eigenvalue weighted by Gasteiger charge is 2.17. The maximum Gasteiger partial charge on any atom is 0.131 e. The number of rotatable bonds is 8. The molecule has 0 amide bonds. The number of hydrogen-bond acceptors (Lipinski definition) is 4. The zero-order valence-electron chi connectivity index (χ0n) is 11.9. The second-order valence-corrected chi connectivity index (χ2v) is 4.30. The summed E-state index contributed by atoms with van der Waals surface area (Å²) in [6.07, 6.45) is -0.0646. The van der Waals surface area contributed by atoms with Crippen LogP contribution in [0.15, 0.2) is 18.2 Å². The number of nitrogens with one attached hydrogen (secondary N) is 1. The lowest BCUT2D eigenvalue weighted by Crippen LogP contribution is -2.33. The fraction of sp³-hybridized carbons (Fsp3) is 0.571. The van der Waals surface area contributed by atoms with Crippen molar-refractivity contribution in [1.29, 1.82) is 0 Å². The molecule has 0 aliphatic heterocycles. The standard InChI is InChI=1S/C14H22FNO3/c1-10(16-8-11(18-3)9-17-2)14-12(15)6-5-7-13(14)19-4/h5-7,10-11,16H,8-9H2,1-4H3. The number of halogens is 1. The third-order valence-corrected chi connectivity index (χ3v) is 3.00. The largest absolute Gasteiger partial charge is 0.496 e. The van der Waals surface area contributed by atoms with Gasteiger partial charge in [0.25, 0.3) is 0 Å². The zero-order valence-corrected chi connectivity index (χ0v) is 11.9. The van der Waals surface area contributed by atoms with Crippen molar-refractivity contribution in [2.24, 2.45) is 0 Å². The van der Waals surface area contributed by atoms with Gasteiger partial charge >= 0.3 is 0 Å². The van der Waals surface area contributed by atoms with Crippen LogP contribution in [-0.2, 0) is 9.47 Å². The molecule has 1 rings (SSSR count). The highest BCUT2D eigenvalue weighted by Crippen LogP contribution is 2.27. The van der Waals surface area contributed by atoms with E-state index in [1.807, 2.05) is 6.92 Å². The molecule has 0 heterocycles. The summed E-state index contributed by atoms with van der Waals surface area (Å²) < 4.78 is 29.3. The Labute approximate surface area is 113 Å². The van der Waals surface area contributed by atoms with Crippen LogP contribution >= 0.6 is 0 Å². The van der Waals surface area contributed by atoms with E-state index in [1.54, 1.807) is 26.4 Å². The number of benzene rings is 1. The number of hydrogen-bond donors (Lipinski definition) is 1. The van der Waals surface area contributed by atoms with Crippen molar-refractivity contribution in [2.45, 2.75) is 19.1 Å². The van der Waals surface area contributed by atoms with E-state index in [-0.39, 0.29) is 18.0 Å². The number of ether oxygens (including phenoxy) is 3. The van der Waals surface area contributed by atoms with Gasteiger partial charge in [-0.25, -0.2) is 4.39 Å². The summed E-state index contributed by atoms with van der Waals surface area (Å²) in [5.74, 6) is 0.265. The van der Waals surface area contributed by atoms with E-state index < -0.39 is 0 Å².